The zero-order valence-corrected chi connectivity index (χ0v) is 16.8. The Bertz CT molecular complexity index is 1320. The molecule has 148 valence electrons. The van der Waals surface area contributed by atoms with Gasteiger partial charge >= 0.3 is 0 Å². The molecule has 0 amide bonds. The minimum atomic E-state index is 0.262. The first-order valence-electron chi connectivity index (χ1n) is 9.73. The van der Waals surface area contributed by atoms with Crippen LogP contribution in [0.2, 0.25) is 5.02 Å². The van der Waals surface area contributed by atoms with Crippen LogP contribution in [-0.4, -0.2) is 25.8 Å². The molecule has 1 N–H and O–H groups in total. The molecule has 0 saturated heterocycles. The highest BCUT2D eigenvalue weighted by Gasteiger charge is 2.22. The Balaban J connectivity index is 1.82. The fourth-order valence-electron chi connectivity index (χ4n) is 4.21. The molecule has 0 unspecified atom stereocenters. The molecule has 30 heavy (non-hydrogen) atoms. The van der Waals surface area contributed by atoms with Gasteiger partial charge in [-0.15, -0.1) is 0 Å². The third kappa shape index (κ3) is 3.17. The van der Waals surface area contributed by atoms with E-state index in [4.69, 9.17) is 11.6 Å². The zero-order chi connectivity index (χ0) is 20.7. The summed E-state index contributed by atoms with van der Waals surface area (Å²) in [6, 6.07) is 11.5. The van der Waals surface area contributed by atoms with Gasteiger partial charge in [0.1, 0.15) is 17.1 Å². The molecule has 0 atom stereocenters. The van der Waals surface area contributed by atoms with Crippen LogP contribution >= 0.6 is 11.6 Å². The number of allylic oxidation sites excluding steroid dienone is 1. The van der Waals surface area contributed by atoms with E-state index < -0.39 is 0 Å². The number of halogens is 1. The minimum absolute atomic E-state index is 0.262. The lowest BCUT2D eigenvalue weighted by molar-refractivity contribution is 0.111. The number of fused-ring (bicyclic) bond motifs is 2. The number of hydrogen-bond acceptors (Lipinski definition) is 4. The number of carbonyl (C=O) groups is 1. The maximum atomic E-state index is 11.1. The Kier molecular flexibility index (Phi) is 4.60. The lowest BCUT2D eigenvalue weighted by Crippen LogP contribution is -1.98. The van der Waals surface area contributed by atoms with Crippen molar-refractivity contribution in [3.63, 3.8) is 0 Å². The Hall–Kier alpha value is -3.44. The van der Waals surface area contributed by atoms with Gasteiger partial charge in [-0.3, -0.25) is 9.78 Å². The lowest BCUT2D eigenvalue weighted by Gasteiger charge is -2.17. The molecule has 0 bridgehead atoms. The number of nitrogens with zero attached hydrogens (tertiary/aromatic N) is 3. The monoisotopic (exact) mass is 415 g/mol. The van der Waals surface area contributed by atoms with Crippen LogP contribution in [0.5, 0.6) is 5.75 Å². The number of aromatic hydroxyl groups is 1. The quantitative estimate of drug-likeness (QED) is 0.467. The lowest BCUT2D eigenvalue weighted by atomic mass is 9.88. The summed E-state index contributed by atoms with van der Waals surface area (Å²) in [5.74, 6) is 0.262. The van der Waals surface area contributed by atoms with Crippen molar-refractivity contribution < 1.29 is 9.90 Å². The third-order valence-corrected chi connectivity index (χ3v) is 5.82. The highest BCUT2D eigenvalue weighted by molar-refractivity contribution is 6.32. The summed E-state index contributed by atoms with van der Waals surface area (Å²) in [4.78, 5) is 19.7. The van der Waals surface area contributed by atoms with Gasteiger partial charge in [-0.25, -0.2) is 4.98 Å². The van der Waals surface area contributed by atoms with E-state index in [-0.39, 0.29) is 5.75 Å². The van der Waals surface area contributed by atoms with E-state index in [1.165, 1.54) is 0 Å². The molecule has 5 rings (SSSR count). The summed E-state index contributed by atoms with van der Waals surface area (Å²) in [5, 5.41) is 10.7. The third-order valence-electron chi connectivity index (χ3n) is 5.52. The Morgan fingerprint density at radius 2 is 2.00 bits per heavy atom. The van der Waals surface area contributed by atoms with Crippen LogP contribution in [-0.2, 0) is 6.42 Å². The second-order valence-electron chi connectivity index (χ2n) is 7.37. The van der Waals surface area contributed by atoms with Gasteiger partial charge in [0.05, 0.1) is 5.02 Å². The van der Waals surface area contributed by atoms with Crippen molar-refractivity contribution in [3.8, 4) is 5.75 Å². The minimum Gasteiger partial charge on any atom is -0.508 e. The number of carbonyl (C=O) groups excluding carboxylic acids is 1. The number of phenolic OH excluding ortho intramolecular Hbond substituents is 1. The van der Waals surface area contributed by atoms with Crippen molar-refractivity contribution in [1.29, 1.82) is 0 Å². The number of aldehydes is 1. The summed E-state index contributed by atoms with van der Waals surface area (Å²) in [6.45, 7) is 0. The normalized spacial score (nSPS) is 13.9. The first kappa shape index (κ1) is 18.6. The number of benzene rings is 1. The van der Waals surface area contributed by atoms with Gasteiger partial charge in [0.2, 0.25) is 0 Å². The number of rotatable bonds is 3. The van der Waals surface area contributed by atoms with E-state index in [1.807, 2.05) is 40.9 Å². The molecule has 0 saturated carbocycles. The number of imidazole rings is 1. The van der Waals surface area contributed by atoms with Crippen molar-refractivity contribution in [2.45, 2.75) is 19.3 Å². The first-order valence-corrected chi connectivity index (χ1v) is 10.1. The van der Waals surface area contributed by atoms with E-state index in [0.29, 0.717) is 16.4 Å². The Morgan fingerprint density at radius 3 is 2.83 bits per heavy atom. The molecule has 1 aromatic carbocycles. The van der Waals surface area contributed by atoms with E-state index in [2.05, 4.69) is 9.97 Å². The van der Waals surface area contributed by atoms with Gasteiger partial charge in [0.25, 0.3) is 0 Å². The molecule has 3 heterocycles. The van der Waals surface area contributed by atoms with Crippen LogP contribution in [0.4, 0.5) is 0 Å². The second kappa shape index (κ2) is 7.43. The molecule has 6 heteroatoms. The van der Waals surface area contributed by atoms with Crippen molar-refractivity contribution in [3.05, 3.63) is 94.2 Å². The standard InChI is InChI=1S/C24H18ClN3O2/c25-22-12-26-8-6-20(22)21-3-1-2-15-10-18(30)4-5-19(15)24(21)16-7-9-28-13-17(14-29)27-23(28)11-16/h4-14,30H,1-3H2. The molecule has 4 aromatic rings. The maximum Gasteiger partial charge on any atom is 0.170 e. The molecule has 3 aromatic heterocycles. The van der Waals surface area contributed by atoms with Crippen LogP contribution < -0.4 is 0 Å². The van der Waals surface area contributed by atoms with Crippen LogP contribution in [0, 0.1) is 0 Å². The predicted molar refractivity (Wildman–Crippen MR) is 117 cm³/mol. The molecular weight excluding hydrogens is 398 g/mol. The summed E-state index contributed by atoms with van der Waals surface area (Å²) < 4.78 is 1.83. The zero-order valence-electron chi connectivity index (χ0n) is 16.0. The summed E-state index contributed by atoms with van der Waals surface area (Å²) >= 11 is 6.54. The smallest absolute Gasteiger partial charge is 0.170 e. The number of phenols is 1. The van der Waals surface area contributed by atoms with Gasteiger partial charge < -0.3 is 9.51 Å². The summed E-state index contributed by atoms with van der Waals surface area (Å²) in [7, 11) is 0. The summed E-state index contributed by atoms with van der Waals surface area (Å²) in [6.07, 6.45) is 10.4. The van der Waals surface area contributed by atoms with Crippen molar-refractivity contribution in [2.24, 2.45) is 0 Å². The van der Waals surface area contributed by atoms with Crippen LogP contribution in [0.15, 0.2) is 61.2 Å². The van der Waals surface area contributed by atoms with Crippen molar-refractivity contribution >= 4 is 34.7 Å². The molecule has 0 radical (unpaired) electrons. The highest BCUT2D eigenvalue weighted by Crippen LogP contribution is 2.42. The summed E-state index contributed by atoms with van der Waals surface area (Å²) in [5.41, 5.74) is 7.41. The first-order chi connectivity index (χ1) is 14.6. The van der Waals surface area contributed by atoms with Gasteiger partial charge in [-0.05, 0) is 83.0 Å². The molecule has 0 aliphatic heterocycles. The Morgan fingerprint density at radius 1 is 1.10 bits per heavy atom. The van der Waals surface area contributed by atoms with Gasteiger partial charge in [-0.1, -0.05) is 17.7 Å². The number of hydrogen-bond donors (Lipinski definition) is 1. The molecule has 1 aliphatic rings. The Labute approximate surface area is 178 Å². The SMILES string of the molecule is O=Cc1cn2ccc(C3=C(c4ccncc4Cl)CCCc4cc(O)ccc43)cc2n1. The predicted octanol–water partition coefficient (Wildman–Crippen LogP) is 5.20. The fourth-order valence-corrected chi connectivity index (χ4v) is 4.44. The number of pyridine rings is 2. The largest absolute Gasteiger partial charge is 0.508 e. The van der Waals surface area contributed by atoms with Gasteiger partial charge in [-0.2, -0.15) is 0 Å². The van der Waals surface area contributed by atoms with E-state index >= 15 is 0 Å². The number of aromatic nitrogens is 3. The second-order valence-corrected chi connectivity index (χ2v) is 7.78. The van der Waals surface area contributed by atoms with E-state index in [1.54, 1.807) is 24.7 Å². The highest BCUT2D eigenvalue weighted by atomic mass is 35.5. The fraction of sp³-hybridized carbons (Fsp3) is 0.125. The topological polar surface area (TPSA) is 67.5 Å². The van der Waals surface area contributed by atoms with Gasteiger partial charge in [0.15, 0.2) is 6.29 Å². The number of aryl methyl sites for hydroxylation is 1. The molecule has 5 nitrogen and oxygen atoms in total. The van der Waals surface area contributed by atoms with Crippen LogP contribution in [0.3, 0.4) is 0 Å². The molecule has 1 aliphatic carbocycles. The van der Waals surface area contributed by atoms with Crippen molar-refractivity contribution in [2.75, 3.05) is 0 Å². The molecule has 0 spiro atoms. The van der Waals surface area contributed by atoms with E-state index in [0.717, 1.165) is 58.9 Å². The average Bonchev–Trinajstić information content (AvgIpc) is 3.08. The molecular formula is C24H18ClN3O2. The van der Waals surface area contributed by atoms with Crippen molar-refractivity contribution in [1.82, 2.24) is 14.4 Å². The van der Waals surface area contributed by atoms with E-state index in [9.17, 15) is 9.90 Å². The molecule has 0 fully saturated rings. The van der Waals surface area contributed by atoms with Gasteiger partial charge in [0, 0.05) is 24.8 Å². The maximum absolute atomic E-state index is 11.1. The van der Waals surface area contributed by atoms with Crippen LogP contribution in [0.25, 0.3) is 16.8 Å². The van der Waals surface area contributed by atoms with Crippen LogP contribution in [0.1, 0.15) is 45.6 Å². The average molecular weight is 416 g/mol.